The normalized spacial score (nSPS) is 10.4. The molecular formula is C14H21N3O4S. The minimum Gasteiger partial charge on any atom is -0.462 e. The monoisotopic (exact) mass is 327 g/mol. The molecule has 7 nitrogen and oxygen atoms in total. The molecule has 1 amide bonds. The number of thioether (sulfide) groups is 1. The number of nitrogens with zero attached hydrogens (tertiary/aromatic N) is 3. The Balaban J connectivity index is 3.21. The predicted molar refractivity (Wildman–Crippen MR) is 84.2 cm³/mol. The summed E-state index contributed by atoms with van der Waals surface area (Å²) in [4.78, 5) is 42.1. The third-order valence-electron chi connectivity index (χ3n) is 3.10. The molecule has 0 saturated heterocycles. The molecular weight excluding hydrogens is 306 g/mol. The molecule has 0 bridgehead atoms. The number of carbonyl (C=O) groups is 2. The topological polar surface area (TPSA) is 81.5 Å². The average molecular weight is 327 g/mol. The van der Waals surface area contributed by atoms with Crippen LogP contribution in [0.2, 0.25) is 0 Å². The van der Waals surface area contributed by atoms with Crippen molar-refractivity contribution in [3.8, 4) is 0 Å². The Morgan fingerprint density at radius 3 is 2.45 bits per heavy atom. The molecule has 0 aliphatic carbocycles. The van der Waals surface area contributed by atoms with Gasteiger partial charge >= 0.3 is 5.97 Å². The molecule has 0 fully saturated rings. The molecule has 0 aromatic carbocycles. The highest BCUT2D eigenvalue weighted by Gasteiger charge is 2.20. The highest BCUT2D eigenvalue weighted by atomic mass is 32.2. The molecule has 0 N–H and O–H groups in total. The number of hydrogen-bond acceptors (Lipinski definition) is 6. The number of ether oxygens (including phenoxy) is 1. The number of hydrogen-bond donors (Lipinski definition) is 0. The fraction of sp³-hybridized carbons (Fsp3) is 0.571. The van der Waals surface area contributed by atoms with E-state index in [-0.39, 0.29) is 24.6 Å². The van der Waals surface area contributed by atoms with E-state index in [0.29, 0.717) is 18.2 Å². The number of amides is 1. The summed E-state index contributed by atoms with van der Waals surface area (Å²) in [5, 5.41) is 0.388. The fourth-order valence-corrected chi connectivity index (χ4v) is 2.47. The van der Waals surface area contributed by atoms with E-state index in [1.54, 1.807) is 18.1 Å². The third kappa shape index (κ3) is 4.09. The van der Waals surface area contributed by atoms with Crippen LogP contribution in [0.1, 0.15) is 31.1 Å². The minimum absolute atomic E-state index is 0.142. The number of likely N-dealkylation sites (N-methyl/N-ethyl adjacent to an activating group) is 1. The number of aromatic nitrogens is 2. The Labute approximate surface area is 133 Å². The molecule has 0 atom stereocenters. The van der Waals surface area contributed by atoms with E-state index in [1.165, 1.54) is 22.5 Å². The van der Waals surface area contributed by atoms with Crippen LogP contribution in [-0.2, 0) is 16.1 Å². The minimum atomic E-state index is -0.725. The lowest BCUT2D eigenvalue weighted by Gasteiger charge is -2.20. The third-order valence-corrected chi connectivity index (χ3v) is 3.79. The van der Waals surface area contributed by atoms with Crippen molar-refractivity contribution in [3.63, 3.8) is 0 Å². The van der Waals surface area contributed by atoms with Crippen LogP contribution in [0.25, 0.3) is 0 Å². The van der Waals surface area contributed by atoms with Gasteiger partial charge in [0, 0.05) is 13.1 Å². The summed E-state index contributed by atoms with van der Waals surface area (Å²) < 4.78 is 6.06. The lowest BCUT2D eigenvalue weighted by molar-refractivity contribution is -0.131. The van der Waals surface area contributed by atoms with Crippen LogP contribution in [-0.4, -0.2) is 52.3 Å². The Hall–Kier alpha value is -1.83. The molecule has 0 radical (unpaired) electrons. The zero-order valence-electron chi connectivity index (χ0n) is 13.3. The summed E-state index contributed by atoms with van der Waals surface area (Å²) in [5.41, 5.74) is -0.717. The molecule has 0 unspecified atom stereocenters. The molecule has 22 heavy (non-hydrogen) atoms. The van der Waals surface area contributed by atoms with Crippen LogP contribution in [0, 0.1) is 0 Å². The van der Waals surface area contributed by atoms with Crippen LogP contribution in [0.5, 0.6) is 0 Å². The first-order chi connectivity index (χ1) is 10.5. The van der Waals surface area contributed by atoms with Gasteiger partial charge in [0.15, 0.2) is 5.16 Å². The SMILES string of the molecule is CCOC(=O)c1cnc(SC)n(CC(=O)N(CC)CC)c1=O. The summed E-state index contributed by atoms with van der Waals surface area (Å²) >= 11 is 1.24. The van der Waals surface area contributed by atoms with Gasteiger partial charge in [-0.15, -0.1) is 0 Å². The van der Waals surface area contributed by atoms with Crippen molar-refractivity contribution in [3.05, 3.63) is 22.1 Å². The van der Waals surface area contributed by atoms with E-state index in [2.05, 4.69) is 4.98 Å². The van der Waals surface area contributed by atoms with E-state index in [1.807, 2.05) is 13.8 Å². The summed E-state index contributed by atoms with van der Waals surface area (Å²) in [6, 6.07) is 0. The fourth-order valence-electron chi connectivity index (χ4n) is 1.94. The van der Waals surface area contributed by atoms with Crippen molar-refractivity contribution in [2.45, 2.75) is 32.5 Å². The van der Waals surface area contributed by atoms with E-state index in [4.69, 9.17) is 4.74 Å². The maximum Gasteiger partial charge on any atom is 0.345 e. The van der Waals surface area contributed by atoms with Gasteiger partial charge < -0.3 is 9.64 Å². The second kappa shape index (κ2) is 8.57. The van der Waals surface area contributed by atoms with Crippen LogP contribution >= 0.6 is 11.8 Å². The average Bonchev–Trinajstić information content (AvgIpc) is 2.50. The lowest BCUT2D eigenvalue weighted by Crippen LogP contribution is -2.38. The molecule has 1 aromatic rings. The Morgan fingerprint density at radius 1 is 1.32 bits per heavy atom. The van der Waals surface area contributed by atoms with Crippen molar-refractivity contribution in [1.29, 1.82) is 0 Å². The largest absolute Gasteiger partial charge is 0.462 e. The standard InChI is InChI=1S/C14H21N3O4S/c1-5-16(6-2)11(18)9-17-12(19)10(13(20)21-7-3)8-15-14(17)22-4/h8H,5-7,9H2,1-4H3. The smallest absolute Gasteiger partial charge is 0.345 e. The van der Waals surface area contributed by atoms with E-state index < -0.39 is 11.5 Å². The van der Waals surface area contributed by atoms with Crippen LogP contribution in [0.4, 0.5) is 0 Å². The molecule has 8 heteroatoms. The van der Waals surface area contributed by atoms with Crippen molar-refractivity contribution in [2.75, 3.05) is 26.0 Å². The first-order valence-corrected chi connectivity index (χ1v) is 8.31. The van der Waals surface area contributed by atoms with Gasteiger partial charge in [0.2, 0.25) is 5.91 Å². The van der Waals surface area contributed by atoms with E-state index in [9.17, 15) is 14.4 Å². The maximum atomic E-state index is 12.4. The first-order valence-electron chi connectivity index (χ1n) is 7.08. The molecule has 1 rings (SSSR count). The molecule has 122 valence electrons. The van der Waals surface area contributed by atoms with Gasteiger partial charge in [0.25, 0.3) is 5.56 Å². The lowest BCUT2D eigenvalue weighted by atomic mass is 10.3. The van der Waals surface area contributed by atoms with Gasteiger partial charge in [-0.05, 0) is 27.0 Å². The van der Waals surface area contributed by atoms with Crippen LogP contribution in [0.3, 0.4) is 0 Å². The van der Waals surface area contributed by atoms with Gasteiger partial charge in [-0.2, -0.15) is 0 Å². The second-order valence-electron chi connectivity index (χ2n) is 4.34. The molecule has 1 heterocycles. The molecule has 0 aliphatic rings. The van der Waals surface area contributed by atoms with Gasteiger partial charge in [-0.25, -0.2) is 9.78 Å². The Morgan fingerprint density at radius 2 is 1.95 bits per heavy atom. The Kier molecular flexibility index (Phi) is 7.10. The Bertz CT molecular complexity index is 596. The van der Waals surface area contributed by atoms with Gasteiger partial charge in [-0.3, -0.25) is 14.2 Å². The number of esters is 1. The van der Waals surface area contributed by atoms with Gasteiger partial charge in [0.05, 0.1) is 12.8 Å². The van der Waals surface area contributed by atoms with Crippen molar-refractivity contribution in [2.24, 2.45) is 0 Å². The highest BCUT2D eigenvalue weighted by molar-refractivity contribution is 7.98. The highest BCUT2D eigenvalue weighted by Crippen LogP contribution is 2.10. The predicted octanol–water partition coefficient (Wildman–Crippen LogP) is 1.01. The van der Waals surface area contributed by atoms with Crippen molar-refractivity contribution >= 4 is 23.6 Å². The summed E-state index contributed by atoms with van der Waals surface area (Å²) in [5.74, 6) is -0.915. The van der Waals surface area contributed by atoms with E-state index in [0.717, 1.165) is 0 Å². The zero-order valence-corrected chi connectivity index (χ0v) is 14.1. The molecule has 0 saturated carbocycles. The molecule has 0 aliphatic heterocycles. The van der Waals surface area contributed by atoms with E-state index >= 15 is 0 Å². The quantitative estimate of drug-likeness (QED) is 0.422. The summed E-state index contributed by atoms with van der Waals surface area (Å²) in [7, 11) is 0. The second-order valence-corrected chi connectivity index (χ2v) is 5.11. The zero-order chi connectivity index (χ0) is 16.7. The van der Waals surface area contributed by atoms with Crippen LogP contribution in [0.15, 0.2) is 16.1 Å². The summed E-state index contributed by atoms with van der Waals surface area (Å²) in [6.45, 7) is 6.54. The first kappa shape index (κ1) is 18.2. The van der Waals surface area contributed by atoms with Crippen molar-refractivity contribution in [1.82, 2.24) is 14.5 Å². The number of rotatable bonds is 7. The number of carbonyl (C=O) groups excluding carboxylic acids is 2. The molecule has 1 aromatic heterocycles. The summed E-state index contributed by atoms with van der Waals surface area (Å²) in [6.07, 6.45) is 2.95. The van der Waals surface area contributed by atoms with Gasteiger partial charge in [0.1, 0.15) is 12.1 Å². The van der Waals surface area contributed by atoms with Crippen molar-refractivity contribution < 1.29 is 14.3 Å². The molecule has 0 spiro atoms. The maximum absolute atomic E-state index is 12.4. The van der Waals surface area contributed by atoms with Crippen LogP contribution < -0.4 is 5.56 Å². The van der Waals surface area contributed by atoms with Gasteiger partial charge in [-0.1, -0.05) is 11.8 Å².